The molecular formula is C14H21N5. The van der Waals surface area contributed by atoms with E-state index in [4.69, 9.17) is 0 Å². The van der Waals surface area contributed by atoms with Gasteiger partial charge in [0.05, 0.1) is 0 Å². The number of fused-ring (bicyclic) bond motifs is 1. The zero-order valence-corrected chi connectivity index (χ0v) is 11.8. The van der Waals surface area contributed by atoms with Crippen molar-refractivity contribution < 1.29 is 0 Å². The molecule has 1 aromatic rings. The maximum atomic E-state index is 4.29. The molecule has 5 heteroatoms. The van der Waals surface area contributed by atoms with E-state index in [1.165, 1.54) is 6.42 Å². The van der Waals surface area contributed by atoms with Gasteiger partial charge in [-0.3, -0.25) is 9.56 Å². The Morgan fingerprint density at radius 3 is 2.95 bits per heavy atom. The second-order valence-electron chi connectivity index (χ2n) is 4.74. The summed E-state index contributed by atoms with van der Waals surface area (Å²) in [5.41, 5.74) is 2.22. The highest BCUT2D eigenvalue weighted by Gasteiger charge is 2.14. The first-order chi connectivity index (χ1) is 9.22. The average molecular weight is 259 g/mol. The molecule has 0 radical (unpaired) electrons. The molecule has 0 spiro atoms. The lowest BCUT2D eigenvalue weighted by Gasteiger charge is -2.06. The first-order valence-corrected chi connectivity index (χ1v) is 6.72. The molecule has 0 fully saturated rings. The zero-order valence-electron chi connectivity index (χ0n) is 11.8. The quantitative estimate of drug-likeness (QED) is 0.670. The van der Waals surface area contributed by atoms with Crippen LogP contribution in [0.5, 0.6) is 0 Å². The van der Waals surface area contributed by atoms with Crippen molar-refractivity contribution >= 4 is 17.7 Å². The van der Waals surface area contributed by atoms with E-state index in [9.17, 15) is 0 Å². The SMILES string of the molecule is CC=N/C=C(C)\C=C(/C)c1nnc2n1CCCCN2. The molecule has 0 atom stereocenters. The van der Waals surface area contributed by atoms with Crippen LogP contribution in [0.3, 0.4) is 0 Å². The average Bonchev–Trinajstić information content (AvgIpc) is 2.66. The standard InChI is InChI=1S/C14H21N5/c1-4-15-10-11(2)9-12(3)13-17-18-14-16-7-5-6-8-19(13)14/h4,9-10H,5-8H2,1-3H3,(H,16,18)/b11-10-,12-9+,15-4?. The summed E-state index contributed by atoms with van der Waals surface area (Å²) in [4.78, 5) is 4.12. The molecule has 1 aromatic heterocycles. The highest BCUT2D eigenvalue weighted by molar-refractivity contribution is 5.62. The Balaban J connectivity index is 2.26. The van der Waals surface area contributed by atoms with Crippen molar-refractivity contribution in [3.8, 4) is 0 Å². The molecule has 0 bridgehead atoms. The second-order valence-corrected chi connectivity index (χ2v) is 4.74. The largest absolute Gasteiger partial charge is 0.354 e. The van der Waals surface area contributed by atoms with Crippen LogP contribution in [0.25, 0.3) is 5.57 Å². The third-order valence-electron chi connectivity index (χ3n) is 3.07. The first kappa shape index (κ1) is 13.5. The van der Waals surface area contributed by atoms with Crippen molar-refractivity contribution in [1.82, 2.24) is 14.8 Å². The van der Waals surface area contributed by atoms with Crippen LogP contribution in [0.2, 0.25) is 0 Å². The highest BCUT2D eigenvalue weighted by atomic mass is 15.4. The van der Waals surface area contributed by atoms with Crippen molar-refractivity contribution in [2.24, 2.45) is 4.99 Å². The van der Waals surface area contributed by atoms with E-state index in [1.807, 2.05) is 20.0 Å². The lowest BCUT2D eigenvalue weighted by atomic mass is 10.2. The number of rotatable bonds is 3. The van der Waals surface area contributed by atoms with E-state index >= 15 is 0 Å². The fourth-order valence-corrected chi connectivity index (χ4v) is 2.17. The van der Waals surface area contributed by atoms with Crippen molar-refractivity contribution in [2.75, 3.05) is 11.9 Å². The van der Waals surface area contributed by atoms with Gasteiger partial charge in [-0.1, -0.05) is 6.08 Å². The second kappa shape index (κ2) is 6.31. The number of nitrogens with zero attached hydrogens (tertiary/aromatic N) is 4. The van der Waals surface area contributed by atoms with Gasteiger partial charge < -0.3 is 5.32 Å². The molecule has 0 saturated carbocycles. The van der Waals surface area contributed by atoms with Crippen LogP contribution in [-0.4, -0.2) is 27.5 Å². The third kappa shape index (κ3) is 3.30. The minimum atomic E-state index is 0.883. The number of allylic oxidation sites excluding steroid dienone is 3. The van der Waals surface area contributed by atoms with Gasteiger partial charge in [0.15, 0.2) is 5.82 Å². The van der Waals surface area contributed by atoms with Crippen molar-refractivity contribution in [3.05, 3.63) is 23.7 Å². The smallest absolute Gasteiger partial charge is 0.224 e. The molecule has 102 valence electrons. The van der Waals surface area contributed by atoms with Gasteiger partial charge in [-0.2, -0.15) is 0 Å². The summed E-state index contributed by atoms with van der Waals surface area (Å²) >= 11 is 0. The molecule has 1 aliphatic heterocycles. The number of aromatic nitrogens is 3. The molecule has 0 amide bonds. The Hall–Kier alpha value is -1.91. The molecular weight excluding hydrogens is 238 g/mol. The topological polar surface area (TPSA) is 55.1 Å². The van der Waals surface area contributed by atoms with Crippen LogP contribution < -0.4 is 5.32 Å². The lowest BCUT2D eigenvalue weighted by Crippen LogP contribution is -2.05. The van der Waals surface area contributed by atoms with Crippen molar-refractivity contribution in [1.29, 1.82) is 0 Å². The minimum absolute atomic E-state index is 0.883. The monoisotopic (exact) mass is 259 g/mol. The number of anilines is 1. The van der Waals surface area contributed by atoms with Crippen LogP contribution in [0.1, 0.15) is 39.4 Å². The van der Waals surface area contributed by atoms with E-state index in [1.54, 1.807) is 6.21 Å². The van der Waals surface area contributed by atoms with Gasteiger partial charge in [0.25, 0.3) is 0 Å². The number of aliphatic imine (C=N–C) groups is 1. The predicted molar refractivity (Wildman–Crippen MR) is 79.3 cm³/mol. The van der Waals surface area contributed by atoms with Crippen molar-refractivity contribution in [3.63, 3.8) is 0 Å². The molecule has 0 aliphatic carbocycles. The van der Waals surface area contributed by atoms with Crippen LogP contribution in [0, 0.1) is 0 Å². The van der Waals surface area contributed by atoms with Crippen LogP contribution in [-0.2, 0) is 6.54 Å². The summed E-state index contributed by atoms with van der Waals surface area (Å²) in [6.07, 6.45) is 8.05. The predicted octanol–water partition coefficient (Wildman–Crippen LogP) is 2.88. The summed E-state index contributed by atoms with van der Waals surface area (Å²) in [5, 5.41) is 11.8. The van der Waals surface area contributed by atoms with Crippen molar-refractivity contribution in [2.45, 2.75) is 40.2 Å². The molecule has 19 heavy (non-hydrogen) atoms. The summed E-state index contributed by atoms with van der Waals surface area (Å²) in [5.74, 6) is 1.83. The Morgan fingerprint density at radius 1 is 1.32 bits per heavy atom. The van der Waals surface area contributed by atoms with E-state index in [0.29, 0.717) is 0 Å². The molecule has 0 unspecified atom stereocenters. The van der Waals surface area contributed by atoms with E-state index < -0.39 is 0 Å². The van der Waals surface area contributed by atoms with Gasteiger partial charge in [-0.25, -0.2) is 0 Å². The normalized spacial score (nSPS) is 17.2. The van der Waals surface area contributed by atoms with Crippen LogP contribution >= 0.6 is 0 Å². The molecule has 0 saturated heterocycles. The maximum absolute atomic E-state index is 4.29. The number of hydrogen-bond donors (Lipinski definition) is 1. The van der Waals surface area contributed by atoms with E-state index in [-0.39, 0.29) is 0 Å². The Morgan fingerprint density at radius 2 is 2.16 bits per heavy atom. The van der Waals surface area contributed by atoms with E-state index in [0.717, 1.165) is 42.4 Å². The molecule has 5 nitrogen and oxygen atoms in total. The summed E-state index contributed by atoms with van der Waals surface area (Å²) in [7, 11) is 0. The zero-order chi connectivity index (χ0) is 13.7. The summed E-state index contributed by atoms with van der Waals surface area (Å²) in [6, 6.07) is 0. The summed E-state index contributed by atoms with van der Waals surface area (Å²) in [6.45, 7) is 7.96. The van der Waals surface area contributed by atoms with Gasteiger partial charge in [-0.15, -0.1) is 10.2 Å². The first-order valence-electron chi connectivity index (χ1n) is 6.72. The fourth-order valence-electron chi connectivity index (χ4n) is 2.17. The minimum Gasteiger partial charge on any atom is -0.354 e. The van der Waals surface area contributed by atoms with Gasteiger partial charge in [-0.05, 0) is 44.8 Å². The number of nitrogens with one attached hydrogen (secondary N) is 1. The molecule has 0 aromatic carbocycles. The molecule has 1 N–H and O–H groups in total. The Bertz CT molecular complexity index is 522. The maximum Gasteiger partial charge on any atom is 0.224 e. The molecule has 2 heterocycles. The molecule has 1 aliphatic rings. The van der Waals surface area contributed by atoms with Gasteiger partial charge >= 0.3 is 0 Å². The Kier molecular flexibility index (Phi) is 4.49. The fraction of sp³-hybridized carbons (Fsp3) is 0.500. The lowest BCUT2D eigenvalue weighted by molar-refractivity contribution is 0.646. The van der Waals surface area contributed by atoms with Gasteiger partial charge in [0.1, 0.15) is 0 Å². The van der Waals surface area contributed by atoms with E-state index in [2.05, 4.69) is 38.1 Å². The van der Waals surface area contributed by atoms with Crippen LogP contribution in [0.4, 0.5) is 5.95 Å². The highest BCUT2D eigenvalue weighted by Crippen LogP contribution is 2.20. The Labute approximate surface area is 114 Å². The van der Waals surface area contributed by atoms with Gasteiger partial charge in [0, 0.05) is 25.5 Å². The van der Waals surface area contributed by atoms with Crippen LogP contribution in [0.15, 0.2) is 22.8 Å². The van der Waals surface area contributed by atoms with Gasteiger partial charge in [0.2, 0.25) is 5.95 Å². The summed E-state index contributed by atoms with van der Waals surface area (Å²) < 4.78 is 2.16. The molecule has 2 rings (SSSR count). The number of hydrogen-bond acceptors (Lipinski definition) is 4. The third-order valence-corrected chi connectivity index (χ3v) is 3.07.